The molecular formula is C50H56N2O8. The summed E-state index contributed by atoms with van der Waals surface area (Å²) in [4.78, 5) is 4.58. The van der Waals surface area contributed by atoms with Crippen LogP contribution in [0.5, 0.6) is 46.0 Å². The molecule has 0 saturated carbocycles. The minimum absolute atomic E-state index is 0.0140. The van der Waals surface area contributed by atoms with Gasteiger partial charge in [0.1, 0.15) is 46.0 Å². The van der Waals surface area contributed by atoms with Crippen LogP contribution >= 0.6 is 0 Å². The van der Waals surface area contributed by atoms with Crippen LogP contribution in [-0.2, 0) is 12.8 Å². The topological polar surface area (TPSA) is 124 Å². The van der Waals surface area contributed by atoms with Crippen molar-refractivity contribution < 1.29 is 39.4 Å². The van der Waals surface area contributed by atoms with Gasteiger partial charge in [-0.25, -0.2) is 0 Å². The Morgan fingerprint density at radius 2 is 0.883 bits per heavy atom. The Hall–Kier alpha value is -5.84. The fraction of sp³-hybridized carbons (Fsp3) is 0.360. The minimum atomic E-state index is -0.0673. The zero-order chi connectivity index (χ0) is 43.2. The largest absolute Gasteiger partial charge is 0.507 e. The number of phenols is 4. The lowest BCUT2D eigenvalue weighted by atomic mass is 9.78. The second-order valence-corrected chi connectivity index (χ2v) is 16.8. The third kappa shape index (κ3) is 5.74. The van der Waals surface area contributed by atoms with Gasteiger partial charge in [0.15, 0.2) is 0 Å². The second kappa shape index (κ2) is 15.0. The number of likely N-dealkylation sites (N-methyl/N-ethyl adjacent to an activating group) is 2. The van der Waals surface area contributed by atoms with Crippen molar-refractivity contribution in [3.8, 4) is 79.4 Å². The standard InChI is InChI=1S/C50H56N2O8/c1-23-19-29-21-33(53)45(49(59-11)41(29)27(5)51(23)7)39-25(3)37(31-15-13-17-35(57-9)43(31)47(39)55)38-26(4)40(48(56)44-32(38)16-14-18-36(44)58-10)46-34(54)22-30-20-24(2)52(8)28(6)42(30)50(46)60-12/h13-18,21-24,27-28,53-56H,19-20H2,1-12H3/t23-,24-,27+,28+/m0/s1. The maximum absolute atomic E-state index is 12.6. The summed E-state index contributed by atoms with van der Waals surface area (Å²) in [7, 11) is 10.5. The van der Waals surface area contributed by atoms with Crippen LogP contribution in [-0.4, -0.2) is 84.8 Å². The molecule has 4 N–H and O–H groups in total. The van der Waals surface area contributed by atoms with Crippen LogP contribution < -0.4 is 18.9 Å². The van der Waals surface area contributed by atoms with Gasteiger partial charge in [-0.3, -0.25) is 9.80 Å². The van der Waals surface area contributed by atoms with Crippen molar-refractivity contribution in [2.24, 2.45) is 0 Å². The number of aromatic hydroxyl groups is 4. The Kier molecular flexibility index (Phi) is 10.2. The van der Waals surface area contributed by atoms with Crippen LogP contribution in [0.15, 0.2) is 48.5 Å². The highest BCUT2D eigenvalue weighted by Crippen LogP contribution is 2.59. The number of rotatable bonds is 7. The zero-order valence-electron chi connectivity index (χ0n) is 36.7. The summed E-state index contributed by atoms with van der Waals surface area (Å²) in [6.07, 6.45) is 1.44. The number of phenolic OH excluding ortho intramolecular Hbond substituents is 4. The van der Waals surface area contributed by atoms with Gasteiger partial charge in [-0.05, 0) is 137 Å². The first kappa shape index (κ1) is 40.9. The molecule has 60 heavy (non-hydrogen) atoms. The summed E-state index contributed by atoms with van der Waals surface area (Å²) in [5.41, 5.74) is 8.17. The van der Waals surface area contributed by atoms with Crippen LogP contribution in [0, 0.1) is 13.8 Å². The van der Waals surface area contributed by atoms with Crippen LogP contribution in [0.1, 0.15) is 73.2 Å². The predicted molar refractivity (Wildman–Crippen MR) is 239 cm³/mol. The van der Waals surface area contributed by atoms with Gasteiger partial charge in [-0.15, -0.1) is 0 Å². The third-order valence-corrected chi connectivity index (χ3v) is 13.9. The number of hydrogen-bond donors (Lipinski definition) is 4. The molecule has 0 spiro atoms. The van der Waals surface area contributed by atoms with Gasteiger partial charge < -0.3 is 39.4 Å². The van der Waals surface area contributed by atoms with E-state index in [0.717, 1.165) is 46.2 Å². The fourth-order valence-corrected chi connectivity index (χ4v) is 10.5. The molecule has 2 aliphatic rings. The fourth-order valence-electron chi connectivity index (χ4n) is 10.5. The van der Waals surface area contributed by atoms with E-state index in [1.165, 1.54) is 0 Å². The first-order valence-corrected chi connectivity index (χ1v) is 20.6. The molecule has 6 aromatic rings. The lowest BCUT2D eigenvalue weighted by Gasteiger charge is -2.39. The molecule has 4 atom stereocenters. The van der Waals surface area contributed by atoms with Crippen molar-refractivity contribution in [2.45, 2.75) is 78.6 Å². The number of methoxy groups -OCH3 is 4. The molecule has 6 aromatic carbocycles. The molecule has 0 saturated heterocycles. The Balaban J connectivity index is 1.57. The lowest BCUT2D eigenvalue weighted by molar-refractivity contribution is 0.175. The van der Waals surface area contributed by atoms with E-state index < -0.39 is 0 Å². The van der Waals surface area contributed by atoms with Crippen LogP contribution in [0.3, 0.4) is 0 Å². The SMILES string of the molecule is COc1c(-c2c(C)c(-c3c(C)c(-c4c(O)cc5c(c4OC)[C@@H](C)N(C)[C@@H](C)C5)c(O)c4c(OC)cccc34)c3cccc(OC)c3c2O)c(O)cc2c1[C@@H](C)N(C)[C@@H](C)C2. The molecule has 0 aromatic heterocycles. The highest BCUT2D eigenvalue weighted by molar-refractivity contribution is 6.18. The van der Waals surface area contributed by atoms with E-state index in [0.29, 0.717) is 77.9 Å². The maximum atomic E-state index is 12.6. The molecule has 0 bridgehead atoms. The molecule has 0 amide bonds. The Morgan fingerprint density at radius 3 is 1.22 bits per heavy atom. The molecular weight excluding hydrogens is 757 g/mol. The molecule has 0 aliphatic carbocycles. The first-order valence-electron chi connectivity index (χ1n) is 20.6. The van der Waals surface area contributed by atoms with Crippen molar-refractivity contribution in [1.82, 2.24) is 9.80 Å². The molecule has 8 rings (SSSR count). The van der Waals surface area contributed by atoms with Crippen LogP contribution in [0.25, 0.3) is 54.9 Å². The number of nitrogens with zero attached hydrogens (tertiary/aromatic N) is 2. The quantitative estimate of drug-likeness (QED) is 0.124. The molecule has 0 radical (unpaired) electrons. The van der Waals surface area contributed by atoms with Gasteiger partial charge in [-0.1, -0.05) is 24.3 Å². The van der Waals surface area contributed by atoms with Gasteiger partial charge in [0, 0.05) is 46.4 Å². The summed E-state index contributed by atoms with van der Waals surface area (Å²) in [5, 5.41) is 51.7. The highest BCUT2D eigenvalue weighted by Gasteiger charge is 2.37. The maximum Gasteiger partial charge on any atom is 0.135 e. The minimum Gasteiger partial charge on any atom is -0.507 e. The molecule has 0 unspecified atom stereocenters. The smallest absolute Gasteiger partial charge is 0.135 e. The molecule has 0 fully saturated rings. The molecule has 2 heterocycles. The third-order valence-electron chi connectivity index (χ3n) is 13.9. The van der Waals surface area contributed by atoms with Crippen molar-refractivity contribution in [1.29, 1.82) is 0 Å². The van der Waals surface area contributed by atoms with E-state index in [1.54, 1.807) is 40.6 Å². The van der Waals surface area contributed by atoms with Crippen molar-refractivity contribution in [3.63, 3.8) is 0 Å². The second-order valence-electron chi connectivity index (χ2n) is 16.8. The summed E-state index contributed by atoms with van der Waals surface area (Å²) in [6, 6.07) is 15.3. The van der Waals surface area contributed by atoms with E-state index in [4.69, 9.17) is 18.9 Å². The highest BCUT2D eigenvalue weighted by atomic mass is 16.5. The molecule has 2 aliphatic heterocycles. The van der Waals surface area contributed by atoms with E-state index in [2.05, 4.69) is 51.6 Å². The van der Waals surface area contributed by atoms with Crippen molar-refractivity contribution in [2.75, 3.05) is 42.5 Å². The lowest BCUT2D eigenvalue weighted by Crippen LogP contribution is -2.38. The molecule has 314 valence electrons. The summed E-state index contributed by atoms with van der Waals surface area (Å²) in [5.74, 6) is 1.68. The van der Waals surface area contributed by atoms with E-state index >= 15 is 0 Å². The van der Waals surface area contributed by atoms with Gasteiger partial charge >= 0.3 is 0 Å². The predicted octanol–water partition coefficient (Wildman–Crippen LogP) is 10.3. The zero-order valence-corrected chi connectivity index (χ0v) is 36.7. The van der Waals surface area contributed by atoms with Crippen LogP contribution in [0.2, 0.25) is 0 Å². The van der Waals surface area contributed by atoms with Gasteiger partial charge in [0.25, 0.3) is 0 Å². The average Bonchev–Trinajstić information content (AvgIpc) is 3.22. The van der Waals surface area contributed by atoms with Crippen molar-refractivity contribution >= 4 is 21.5 Å². The molecule has 10 nitrogen and oxygen atoms in total. The molecule has 10 heteroatoms. The Morgan fingerprint density at radius 1 is 0.517 bits per heavy atom. The Labute approximate surface area is 352 Å². The van der Waals surface area contributed by atoms with Gasteiger partial charge in [0.2, 0.25) is 0 Å². The van der Waals surface area contributed by atoms with Gasteiger partial charge in [0.05, 0.1) is 50.3 Å². The van der Waals surface area contributed by atoms with E-state index in [1.807, 2.05) is 50.2 Å². The normalized spacial score (nSPS) is 19.3. The number of ether oxygens (including phenoxy) is 4. The Bertz CT molecular complexity index is 2560. The first-order chi connectivity index (χ1) is 28.6. The van der Waals surface area contributed by atoms with E-state index in [9.17, 15) is 20.4 Å². The summed E-state index contributed by atoms with van der Waals surface area (Å²) in [6.45, 7) is 12.5. The van der Waals surface area contributed by atoms with E-state index in [-0.39, 0.29) is 47.2 Å². The average molecular weight is 813 g/mol. The number of hydrogen-bond acceptors (Lipinski definition) is 10. The summed E-state index contributed by atoms with van der Waals surface area (Å²) < 4.78 is 24.4. The number of benzene rings is 6. The van der Waals surface area contributed by atoms with Crippen LogP contribution in [0.4, 0.5) is 0 Å². The van der Waals surface area contributed by atoms with Crippen molar-refractivity contribution in [3.05, 3.63) is 81.9 Å². The monoisotopic (exact) mass is 812 g/mol. The number of fused-ring (bicyclic) bond motifs is 4. The van der Waals surface area contributed by atoms with Gasteiger partial charge in [-0.2, -0.15) is 0 Å². The summed E-state index contributed by atoms with van der Waals surface area (Å²) >= 11 is 0.